The molecule has 2 unspecified atom stereocenters. The summed E-state index contributed by atoms with van der Waals surface area (Å²) < 4.78 is 24.6. The zero-order chi connectivity index (χ0) is 32.5. The Morgan fingerprint density at radius 1 is 0.809 bits per heavy atom. The minimum Gasteiger partial charge on any atom is -0.493 e. The second-order valence-electron chi connectivity index (χ2n) is 12.8. The number of carbonyl (C=O) groups excluding carboxylic acids is 1. The van der Waals surface area contributed by atoms with Gasteiger partial charge in [-0.2, -0.15) is 0 Å². The van der Waals surface area contributed by atoms with Crippen LogP contribution >= 0.6 is 12.4 Å². The minimum absolute atomic E-state index is 0. The average molecular weight is 658 g/mol. The molecule has 1 aliphatic rings. The van der Waals surface area contributed by atoms with E-state index in [-0.39, 0.29) is 35.5 Å². The number of aryl methyl sites for hydroxylation is 1. The molecule has 4 aromatic rings. The fourth-order valence-corrected chi connectivity index (χ4v) is 7.51. The van der Waals surface area contributed by atoms with Crippen LogP contribution in [-0.4, -0.2) is 37.5 Å². The maximum atomic E-state index is 13.3. The van der Waals surface area contributed by atoms with Crippen molar-refractivity contribution in [2.45, 2.75) is 82.7 Å². The lowest BCUT2D eigenvalue weighted by Gasteiger charge is -2.42. The van der Waals surface area contributed by atoms with E-state index in [1.807, 2.05) is 0 Å². The third kappa shape index (κ3) is 8.63. The van der Waals surface area contributed by atoms with Crippen LogP contribution in [0.1, 0.15) is 86.2 Å². The fourth-order valence-electron chi connectivity index (χ4n) is 7.51. The number of nitrogens with zero attached hydrogens (tertiary/aromatic N) is 1. The Hall–Kier alpha value is -3.67. The molecule has 0 N–H and O–H groups in total. The number of carbonyl (C=O) groups is 1. The molecule has 0 aromatic heterocycles. The fraction of sp³-hybridized carbons (Fsp3) is 0.390. The number of hydrogen-bond acceptors (Lipinski definition) is 4. The van der Waals surface area contributed by atoms with Gasteiger partial charge in [0.05, 0.1) is 14.2 Å². The second kappa shape index (κ2) is 16.9. The van der Waals surface area contributed by atoms with E-state index >= 15 is 0 Å². The Morgan fingerprint density at radius 3 is 1.98 bits per heavy atom. The predicted octanol–water partition coefficient (Wildman–Crippen LogP) is 9.71. The van der Waals surface area contributed by atoms with Crippen molar-refractivity contribution in [2.24, 2.45) is 0 Å². The van der Waals surface area contributed by atoms with Crippen molar-refractivity contribution in [1.82, 2.24) is 4.90 Å². The van der Waals surface area contributed by atoms with E-state index in [0.717, 1.165) is 55.7 Å². The first-order chi connectivity index (χ1) is 22.3. The molecule has 0 fully saturated rings. The molecule has 0 bridgehead atoms. The normalized spacial score (nSPS) is 16.2. The molecule has 4 nitrogen and oxygen atoms in total. The van der Waals surface area contributed by atoms with Gasteiger partial charge in [-0.3, -0.25) is 9.69 Å². The maximum absolute atomic E-state index is 13.3. The highest BCUT2D eigenvalue weighted by Gasteiger charge is 2.35. The molecular weight excluding hydrogens is 609 g/mol. The summed E-state index contributed by atoms with van der Waals surface area (Å²) in [5, 5.41) is 0. The number of ether oxygens (including phenoxy) is 2. The molecule has 0 saturated heterocycles. The summed E-state index contributed by atoms with van der Waals surface area (Å²) in [5.74, 6) is 1.59. The monoisotopic (exact) mass is 657 g/mol. The first-order valence-electron chi connectivity index (χ1n) is 16.7. The van der Waals surface area contributed by atoms with Crippen LogP contribution in [0.25, 0.3) is 0 Å². The molecular formula is C41H49ClFNO3. The van der Waals surface area contributed by atoms with Crippen LogP contribution < -0.4 is 9.47 Å². The van der Waals surface area contributed by atoms with Crippen molar-refractivity contribution < 1.29 is 18.7 Å². The van der Waals surface area contributed by atoms with Crippen LogP contribution in [0.4, 0.5) is 4.39 Å². The van der Waals surface area contributed by atoms with Crippen molar-refractivity contribution in [1.29, 1.82) is 0 Å². The topological polar surface area (TPSA) is 38.8 Å². The molecule has 0 spiro atoms. The zero-order valence-electron chi connectivity index (χ0n) is 28.2. The molecule has 0 radical (unpaired) electrons. The first kappa shape index (κ1) is 36.2. The summed E-state index contributed by atoms with van der Waals surface area (Å²) in [7, 11) is 3.39. The van der Waals surface area contributed by atoms with E-state index in [2.05, 4.69) is 91.5 Å². The molecule has 4 aromatic carbocycles. The van der Waals surface area contributed by atoms with Gasteiger partial charge in [-0.1, -0.05) is 72.8 Å². The third-order valence-corrected chi connectivity index (χ3v) is 10.0. The van der Waals surface area contributed by atoms with Gasteiger partial charge in [-0.15, -0.1) is 12.4 Å². The number of hydrogen-bond donors (Lipinski definition) is 0. The van der Waals surface area contributed by atoms with Crippen molar-refractivity contribution in [2.75, 3.05) is 20.8 Å². The SMILES string of the molecule is COc1cc2c(cc1OC)C(C)N(CCCC(CCCC(=O)CCc1ccc(F)cc1)(c1ccccc1)c1ccccc1)C(C)C2.Cl. The molecule has 6 heteroatoms. The molecule has 47 heavy (non-hydrogen) atoms. The van der Waals surface area contributed by atoms with E-state index in [1.165, 1.54) is 34.4 Å². The van der Waals surface area contributed by atoms with Gasteiger partial charge in [0.15, 0.2) is 11.5 Å². The summed E-state index contributed by atoms with van der Waals surface area (Å²) in [4.78, 5) is 15.7. The maximum Gasteiger partial charge on any atom is 0.161 e. The molecule has 5 rings (SSSR count). The van der Waals surface area contributed by atoms with Gasteiger partial charge in [-0.25, -0.2) is 4.39 Å². The van der Waals surface area contributed by atoms with E-state index in [4.69, 9.17) is 9.47 Å². The second-order valence-corrected chi connectivity index (χ2v) is 12.8. The van der Waals surface area contributed by atoms with Gasteiger partial charge in [0, 0.05) is 30.3 Å². The van der Waals surface area contributed by atoms with E-state index in [1.54, 1.807) is 26.4 Å². The highest BCUT2D eigenvalue weighted by atomic mass is 35.5. The standard InChI is InChI=1S/C41H48FNO3.ClH/c1-30-27-33-28-39(45-3)40(46-4)29-38(33)31(2)43(30)26-12-25-41(34-13-7-5-8-14-34,35-15-9-6-10-16-35)24-11-17-37(44)23-20-32-18-21-36(42)22-19-32;/h5-10,13-16,18-19,21-22,28-31H,11-12,17,20,23-27H2,1-4H3;1H. The van der Waals surface area contributed by atoms with Gasteiger partial charge in [0.2, 0.25) is 0 Å². The first-order valence-corrected chi connectivity index (χ1v) is 16.7. The highest BCUT2D eigenvalue weighted by molar-refractivity contribution is 5.85. The molecule has 2 atom stereocenters. The largest absolute Gasteiger partial charge is 0.493 e. The molecule has 1 aliphatic heterocycles. The summed E-state index contributed by atoms with van der Waals surface area (Å²) in [6.45, 7) is 5.61. The van der Waals surface area contributed by atoms with E-state index in [9.17, 15) is 9.18 Å². The predicted molar refractivity (Wildman–Crippen MR) is 192 cm³/mol. The molecule has 0 saturated carbocycles. The third-order valence-electron chi connectivity index (χ3n) is 10.0. The van der Waals surface area contributed by atoms with Crippen molar-refractivity contribution in [3.8, 4) is 11.5 Å². The lowest BCUT2D eigenvalue weighted by molar-refractivity contribution is -0.119. The molecule has 0 amide bonds. The number of Topliss-reactive ketones (excluding diaryl/α,β-unsaturated/α-hetero) is 1. The molecule has 250 valence electrons. The average Bonchev–Trinajstić information content (AvgIpc) is 3.09. The Kier molecular flexibility index (Phi) is 13.0. The lowest BCUT2D eigenvalue weighted by atomic mass is 9.68. The van der Waals surface area contributed by atoms with Crippen LogP contribution in [0.5, 0.6) is 11.5 Å². The molecule has 0 aliphatic carbocycles. The van der Waals surface area contributed by atoms with Crippen molar-refractivity contribution in [3.63, 3.8) is 0 Å². The van der Waals surface area contributed by atoms with Crippen LogP contribution in [-0.2, 0) is 23.1 Å². The number of benzene rings is 4. The smallest absolute Gasteiger partial charge is 0.161 e. The lowest BCUT2D eigenvalue weighted by Crippen LogP contribution is -2.42. The quantitative estimate of drug-likeness (QED) is 0.128. The van der Waals surface area contributed by atoms with Gasteiger partial charge < -0.3 is 9.47 Å². The summed E-state index contributed by atoms with van der Waals surface area (Å²) in [5.41, 5.74) is 6.06. The summed E-state index contributed by atoms with van der Waals surface area (Å²) >= 11 is 0. The Bertz CT molecular complexity index is 1520. The number of ketones is 1. The summed E-state index contributed by atoms with van der Waals surface area (Å²) in [6, 6.07) is 33.2. The van der Waals surface area contributed by atoms with Crippen molar-refractivity contribution >= 4 is 18.2 Å². The van der Waals surface area contributed by atoms with Crippen LogP contribution in [0.3, 0.4) is 0 Å². The van der Waals surface area contributed by atoms with Crippen molar-refractivity contribution in [3.05, 3.63) is 131 Å². The van der Waals surface area contributed by atoms with Crippen LogP contribution in [0.2, 0.25) is 0 Å². The van der Waals surface area contributed by atoms with Crippen LogP contribution in [0.15, 0.2) is 97.1 Å². The van der Waals surface area contributed by atoms with Gasteiger partial charge in [-0.05, 0) is 111 Å². The number of fused-ring (bicyclic) bond motifs is 1. The van der Waals surface area contributed by atoms with Gasteiger partial charge in [0.25, 0.3) is 0 Å². The van der Waals surface area contributed by atoms with Gasteiger partial charge >= 0.3 is 0 Å². The Labute approximate surface area is 286 Å². The zero-order valence-corrected chi connectivity index (χ0v) is 29.0. The van der Waals surface area contributed by atoms with Gasteiger partial charge in [0.1, 0.15) is 11.6 Å². The van der Waals surface area contributed by atoms with Crippen LogP contribution in [0, 0.1) is 5.82 Å². The number of halogens is 2. The Morgan fingerprint density at radius 2 is 1.38 bits per heavy atom. The van der Waals surface area contributed by atoms with E-state index in [0.29, 0.717) is 25.3 Å². The molecule has 1 heterocycles. The summed E-state index contributed by atoms with van der Waals surface area (Å²) in [6.07, 6.45) is 6.38. The minimum atomic E-state index is -0.247. The number of rotatable bonds is 15. The highest BCUT2D eigenvalue weighted by Crippen LogP contribution is 2.43. The Balaban J connectivity index is 0.00000500. The van der Waals surface area contributed by atoms with E-state index < -0.39 is 0 Å². The number of methoxy groups -OCH3 is 2.